The maximum Gasteiger partial charge on any atom is 0.223 e. The van der Waals surface area contributed by atoms with E-state index in [1.54, 1.807) is 0 Å². The Morgan fingerprint density at radius 3 is 2.45 bits per heavy atom. The normalized spacial score (nSPS) is 15.5. The molecule has 1 amide bonds. The number of aromatic nitrogens is 1. The maximum atomic E-state index is 12.7. The number of amides is 1. The highest BCUT2D eigenvalue weighted by atomic mass is 35.5. The first-order valence-corrected chi connectivity index (χ1v) is 11.8. The summed E-state index contributed by atoms with van der Waals surface area (Å²) in [5.74, 6) is 0.297. The molecule has 1 aliphatic heterocycles. The molecule has 0 atom stereocenters. The van der Waals surface area contributed by atoms with Crippen molar-refractivity contribution in [3.05, 3.63) is 70.4 Å². The summed E-state index contributed by atoms with van der Waals surface area (Å²) in [5, 5.41) is 5.16. The van der Waals surface area contributed by atoms with Gasteiger partial charge in [0.25, 0.3) is 0 Å². The van der Waals surface area contributed by atoms with Crippen LogP contribution < -0.4 is 5.32 Å². The molecule has 31 heavy (non-hydrogen) atoms. The van der Waals surface area contributed by atoms with E-state index in [-0.39, 0.29) is 11.8 Å². The predicted octanol–water partition coefficient (Wildman–Crippen LogP) is 5.41. The van der Waals surface area contributed by atoms with Crippen LogP contribution >= 0.6 is 11.6 Å². The number of aryl methyl sites for hydroxylation is 2. The van der Waals surface area contributed by atoms with Crippen molar-refractivity contribution in [3.63, 3.8) is 0 Å². The van der Waals surface area contributed by atoms with Crippen LogP contribution in [0.3, 0.4) is 0 Å². The number of hydrogen-bond donors (Lipinski definition) is 1. The Balaban J connectivity index is 1.31. The van der Waals surface area contributed by atoms with E-state index in [1.807, 2.05) is 6.07 Å². The van der Waals surface area contributed by atoms with Gasteiger partial charge in [-0.3, -0.25) is 9.69 Å². The van der Waals surface area contributed by atoms with E-state index < -0.39 is 0 Å². The van der Waals surface area contributed by atoms with Crippen LogP contribution in [0.5, 0.6) is 0 Å². The van der Waals surface area contributed by atoms with Crippen molar-refractivity contribution in [1.29, 1.82) is 0 Å². The van der Waals surface area contributed by atoms with Crippen LogP contribution in [-0.2, 0) is 30.8 Å². The average Bonchev–Trinajstić information content (AvgIpc) is 3.14. The second-order valence-corrected chi connectivity index (χ2v) is 8.98. The molecule has 5 heteroatoms. The number of nitrogens with zero attached hydrogens (tertiary/aromatic N) is 2. The van der Waals surface area contributed by atoms with Crippen LogP contribution in [0, 0.1) is 5.92 Å². The zero-order valence-corrected chi connectivity index (χ0v) is 19.3. The smallest absolute Gasteiger partial charge is 0.223 e. The zero-order valence-electron chi connectivity index (χ0n) is 18.5. The van der Waals surface area contributed by atoms with Gasteiger partial charge in [0.05, 0.1) is 0 Å². The lowest BCUT2D eigenvalue weighted by Gasteiger charge is -2.31. The van der Waals surface area contributed by atoms with Crippen LogP contribution in [0.4, 0.5) is 0 Å². The number of piperidine rings is 1. The summed E-state index contributed by atoms with van der Waals surface area (Å²) in [6.07, 6.45) is 5.11. The zero-order chi connectivity index (χ0) is 21.8. The quantitative estimate of drug-likeness (QED) is 0.536. The number of fused-ring (bicyclic) bond motifs is 1. The van der Waals surface area contributed by atoms with Gasteiger partial charge in [-0.1, -0.05) is 42.8 Å². The maximum absolute atomic E-state index is 12.7. The van der Waals surface area contributed by atoms with Gasteiger partial charge >= 0.3 is 0 Å². The average molecular weight is 438 g/mol. The van der Waals surface area contributed by atoms with Crippen LogP contribution in [0.2, 0.25) is 5.02 Å². The molecular formula is C26H32ClN3O. The summed E-state index contributed by atoms with van der Waals surface area (Å²) in [6, 6.07) is 14.7. The Kier molecular flexibility index (Phi) is 6.99. The summed E-state index contributed by atoms with van der Waals surface area (Å²) in [6.45, 7) is 8.68. The summed E-state index contributed by atoms with van der Waals surface area (Å²) < 4.78 is 2.29. The van der Waals surface area contributed by atoms with Crippen LogP contribution in [0.15, 0.2) is 48.7 Å². The molecule has 0 radical (unpaired) electrons. The molecule has 1 fully saturated rings. The topological polar surface area (TPSA) is 37.3 Å². The monoisotopic (exact) mass is 437 g/mol. The molecule has 0 bridgehead atoms. The van der Waals surface area contributed by atoms with Crippen molar-refractivity contribution in [2.45, 2.75) is 52.7 Å². The minimum Gasteiger partial charge on any atom is -0.352 e. The van der Waals surface area contributed by atoms with Crippen molar-refractivity contribution in [2.24, 2.45) is 5.92 Å². The second kappa shape index (κ2) is 9.88. The molecular weight excluding hydrogens is 406 g/mol. The van der Waals surface area contributed by atoms with Gasteiger partial charge in [-0.2, -0.15) is 0 Å². The van der Waals surface area contributed by atoms with Gasteiger partial charge in [-0.15, -0.1) is 0 Å². The number of nitrogens with one attached hydrogen (secondary N) is 1. The lowest BCUT2D eigenvalue weighted by atomic mass is 9.95. The third-order valence-electron chi connectivity index (χ3n) is 6.52. The fraction of sp³-hybridized carbons (Fsp3) is 0.423. The Bertz CT molecular complexity index is 1030. The van der Waals surface area contributed by atoms with Gasteiger partial charge in [-0.05, 0) is 74.2 Å². The first-order chi connectivity index (χ1) is 15.1. The molecule has 0 unspecified atom stereocenters. The third-order valence-corrected chi connectivity index (χ3v) is 6.75. The van der Waals surface area contributed by atoms with Gasteiger partial charge in [0.15, 0.2) is 0 Å². The fourth-order valence-electron chi connectivity index (χ4n) is 4.55. The molecule has 4 nitrogen and oxygen atoms in total. The predicted molar refractivity (Wildman–Crippen MR) is 128 cm³/mol. The summed E-state index contributed by atoms with van der Waals surface area (Å²) in [4.78, 5) is 15.1. The van der Waals surface area contributed by atoms with Crippen molar-refractivity contribution < 1.29 is 4.79 Å². The molecule has 0 spiro atoms. The van der Waals surface area contributed by atoms with Crippen molar-refractivity contribution in [1.82, 2.24) is 14.8 Å². The lowest BCUT2D eigenvalue weighted by molar-refractivity contribution is -0.126. The van der Waals surface area contributed by atoms with E-state index in [0.29, 0.717) is 6.54 Å². The first kappa shape index (κ1) is 21.9. The first-order valence-electron chi connectivity index (χ1n) is 11.4. The fourth-order valence-corrected chi connectivity index (χ4v) is 4.72. The SMILES string of the molecule is CCc1ccc(CNC(=O)C2CCN(Cc3cn(CC)c4ccc(Cl)cc34)CC2)cc1. The molecule has 0 aliphatic carbocycles. The van der Waals surface area contributed by atoms with Crippen molar-refractivity contribution in [3.8, 4) is 0 Å². The van der Waals surface area contributed by atoms with E-state index in [2.05, 4.69) is 71.2 Å². The number of carbonyl (C=O) groups excluding carboxylic acids is 1. The van der Waals surface area contributed by atoms with Gasteiger partial charge in [0.2, 0.25) is 5.91 Å². The number of rotatable bonds is 7. The molecule has 1 aliphatic rings. The van der Waals surface area contributed by atoms with Gasteiger partial charge in [-0.25, -0.2) is 0 Å². The molecule has 0 saturated carbocycles. The molecule has 1 aromatic heterocycles. The lowest BCUT2D eigenvalue weighted by Crippen LogP contribution is -2.40. The largest absolute Gasteiger partial charge is 0.352 e. The summed E-state index contributed by atoms with van der Waals surface area (Å²) in [5.41, 5.74) is 5.04. The van der Waals surface area contributed by atoms with E-state index in [4.69, 9.17) is 11.6 Å². The highest BCUT2D eigenvalue weighted by Gasteiger charge is 2.25. The summed E-state index contributed by atoms with van der Waals surface area (Å²) >= 11 is 6.26. The molecule has 1 saturated heterocycles. The molecule has 2 heterocycles. The van der Waals surface area contributed by atoms with Gasteiger partial charge < -0.3 is 9.88 Å². The summed E-state index contributed by atoms with van der Waals surface area (Å²) in [7, 11) is 0. The number of benzene rings is 2. The number of hydrogen-bond acceptors (Lipinski definition) is 2. The van der Waals surface area contributed by atoms with Crippen molar-refractivity contribution in [2.75, 3.05) is 13.1 Å². The van der Waals surface area contributed by atoms with Gasteiger partial charge in [0.1, 0.15) is 0 Å². The Morgan fingerprint density at radius 1 is 1.06 bits per heavy atom. The Morgan fingerprint density at radius 2 is 1.77 bits per heavy atom. The van der Waals surface area contributed by atoms with E-state index in [1.165, 1.54) is 22.0 Å². The molecule has 1 N–H and O–H groups in total. The highest BCUT2D eigenvalue weighted by Crippen LogP contribution is 2.27. The van der Waals surface area contributed by atoms with Crippen LogP contribution in [-0.4, -0.2) is 28.5 Å². The molecule has 3 aromatic rings. The Hall–Kier alpha value is -2.30. The van der Waals surface area contributed by atoms with Gasteiger partial charge in [0, 0.05) is 47.7 Å². The van der Waals surface area contributed by atoms with E-state index in [9.17, 15) is 4.79 Å². The minimum absolute atomic E-state index is 0.109. The molecule has 2 aromatic carbocycles. The number of likely N-dealkylation sites (tertiary alicyclic amines) is 1. The highest BCUT2D eigenvalue weighted by molar-refractivity contribution is 6.31. The third kappa shape index (κ3) is 5.13. The van der Waals surface area contributed by atoms with Crippen molar-refractivity contribution >= 4 is 28.4 Å². The van der Waals surface area contributed by atoms with Crippen LogP contribution in [0.25, 0.3) is 10.9 Å². The van der Waals surface area contributed by atoms with E-state index >= 15 is 0 Å². The molecule has 164 valence electrons. The minimum atomic E-state index is 0.109. The molecule has 4 rings (SSSR count). The van der Waals surface area contributed by atoms with E-state index in [0.717, 1.165) is 56.0 Å². The number of carbonyl (C=O) groups is 1. The van der Waals surface area contributed by atoms with Crippen LogP contribution in [0.1, 0.15) is 43.4 Å². The second-order valence-electron chi connectivity index (χ2n) is 8.54. The standard InChI is InChI=1S/C26H32ClN3O/c1-3-19-5-7-20(8-6-19)16-28-26(31)21-11-13-29(14-12-21)17-22-18-30(4-2)25-10-9-23(27)15-24(22)25/h5-10,15,18,21H,3-4,11-14,16-17H2,1-2H3,(H,28,31). The Labute approximate surface area is 190 Å². The number of halogens is 1.